The molecule has 0 atom stereocenters. The Balaban J connectivity index is 1.48. The Labute approximate surface area is 201 Å². The summed E-state index contributed by atoms with van der Waals surface area (Å²) < 4.78 is 38.2. The molecule has 1 aromatic heterocycles. The van der Waals surface area contributed by atoms with Crippen LogP contribution in [0.5, 0.6) is 11.5 Å². The Morgan fingerprint density at radius 1 is 0.969 bits per heavy atom. The van der Waals surface area contributed by atoms with Gasteiger partial charge >= 0.3 is 0 Å². The lowest BCUT2D eigenvalue weighted by Gasteiger charge is -2.34. The number of halogens is 2. The van der Waals surface area contributed by atoms with Crippen LogP contribution in [0.15, 0.2) is 46.7 Å². The summed E-state index contributed by atoms with van der Waals surface area (Å²) >= 11 is 13.6. The fourth-order valence-corrected chi connectivity index (χ4v) is 6.52. The maximum Gasteiger partial charge on any atom is 0.244 e. The predicted molar refractivity (Wildman–Crippen MR) is 128 cm³/mol. The third-order valence-electron chi connectivity index (χ3n) is 5.19. The maximum absolute atomic E-state index is 13.0. The lowest BCUT2D eigenvalue weighted by molar-refractivity contribution is 0.355. The number of hydrogen-bond donors (Lipinski definition) is 0. The molecule has 0 saturated carbocycles. The minimum Gasteiger partial charge on any atom is -0.493 e. The van der Waals surface area contributed by atoms with Crippen LogP contribution in [0, 0.1) is 0 Å². The van der Waals surface area contributed by atoms with Crippen LogP contribution in [0.2, 0.25) is 10.0 Å². The fraction of sp³-hybridized carbons (Fsp3) is 0.286. The van der Waals surface area contributed by atoms with Gasteiger partial charge in [0, 0.05) is 42.1 Å². The zero-order valence-electron chi connectivity index (χ0n) is 17.4. The van der Waals surface area contributed by atoms with Gasteiger partial charge in [0.25, 0.3) is 0 Å². The third kappa shape index (κ3) is 4.53. The molecule has 2 aromatic carbocycles. The summed E-state index contributed by atoms with van der Waals surface area (Å²) in [5.74, 6) is 1.29. The van der Waals surface area contributed by atoms with E-state index in [1.807, 2.05) is 23.6 Å². The molecule has 0 amide bonds. The van der Waals surface area contributed by atoms with Crippen molar-refractivity contribution < 1.29 is 17.9 Å². The highest BCUT2D eigenvalue weighted by Crippen LogP contribution is 2.35. The Morgan fingerprint density at radius 2 is 1.69 bits per heavy atom. The van der Waals surface area contributed by atoms with Crippen molar-refractivity contribution in [3.8, 4) is 22.8 Å². The molecule has 0 N–H and O–H groups in total. The number of thiazole rings is 1. The average molecular weight is 514 g/mol. The van der Waals surface area contributed by atoms with Crippen molar-refractivity contribution in [3.05, 3.63) is 51.8 Å². The molecular formula is C21H21Cl2N3O4S2. The molecule has 11 heteroatoms. The van der Waals surface area contributed by atoms with Crippen LogP contribution in [-0.2, 0) is 10.0 Å². The van der Waals surface area contributed by atoms with Crippen LogP contribution in [0.3, 0.4) is 0 Å². The molecule has 0 bridgehead atoms. The van der Waals surface area contributed by atoms with Gasteiger partial charge in [0.1, 0.15) is 4.90 Å². The average Bonchev–Trinajstić information content (AvgIpc) is 3.30. The minimum atomic E-state index is -3.73. The zero-order chi connectivity index (χ0) is 22.9. The molecule has 4 rings (SSSR count). The van der Waals surface area contributed by atoms with Gasteiger partial charge in [0.2, 0.25) is 10.0 Å². The molecule has 1 aliphatic heterocycles. The highest BCUT2D eigenvalue weighted by Gasteiger charge is 2.31. The number of benzene rings is 2. The number of rotatable bonds is 6. The third-order valence-corrected chi connectivity index (χ3v) is 8.71. The number of anilines is 1. The van der Waals surface area contributed by atoms with Gasteiger partial charge in [-0.3, -0.25) is 0 Å². The highest BCUT2D eigenvalue weighted by molar-refractivity contribution is 7.89. The quantitative estimate of drug-likeness (QED) is 0.477. The number of aromatic nitrogens is 1. The van der Waals surface area contributed by atoms with Gasteiger partial charge in [-0.15, -0.1) is 11.3 Å². The molecule has 0 unspecified atom stereocenters. The van der Waals surface area contributed by atoms with Crippen LogP contribution >= 0.6 is 34.5 Å². The summed E-state index contributed by atoms with van der Waals surface area (Å²) in [7, 11) is -0.534. The molecule has 0 aliphatic carbocycles. The van der Waals surface area contributed by atoms with E-state index in [1.165, 1.54) is 27.8 Å². The molecule has 3 aromatic rings. The molecule has 2 heterocycles. The molecule has 32 heavy (non-hydrogen) atoms. The van der Waals surface area contributed by atoms with E-state index in [1.54, 1.807) is 20.3 Å². The van der Waals surface area contributed by atoms with E-state index >= 15 is 0 Å². The Bertz CT molecular complexity index is 1230. The van der Waals surface area contributed by atoms with Crippen molar-refractivity contribution in [2.24, 2.45) is 0 Å². The number of sulfonamides is 1. The summed E-state index contributed by atoms with van der Waals surface area (Å²) in [5.41, 5.74) is 1.74. The SMILES string of the molecule is COc1ccc(-c2csc(N3CCN(S(=O)(=O)c4cc(Cl)ccc4Cl)CC3)n2)cc1OC. The molecule has 0 spiro atoms. The van der Waals surface area contributed by atoms with E-state index in [0.29, 0.717) is 42.7 Å². The number of methoxy groups -OCH3 is 2. The normalized spacial score (nSPS) is 15.1. The standard InChI is InChI=1S/C21H21Cl2N3O4S2/c1-29-18-6-3-14(11-19(18)30-2)17-13-31-21(24-17)25-7-9-26(10-8-25)32(27,28)20-12-15(22)4-5-16(20)23/h3-6,11-13H,7-10H2,1-2H3. The Morgan fingerprint density at radius 3 is 2.38 bits per heavy atom. The first-order chi connectivity index (χ1) is 15.3. The second-order valence-corrected chi connectivity index (χ2v) is 10.6. The lowest BCUT2D eigenvalue weighted by Crippen LogP contribution is -2.48. The smallest absolute Gasteiger partial charge is 0.244 e. The van der Waals surface area contributed by atoms with Gasteiger partial charge in [-0.25, -0.2) is 13.4 Å². The minimum absolute atomic E-state index is 0.0325. The van der Waals surface area contributed by atoms with Crippen molar-refractivity contribution in [1.82, 2.24) is 9.29 Å². The zero-order valence-corrected chi connectivity index (χ0v) is 20.6. The van der Waals surface area contributed by atoms with Crippen LogP contribution in [0.1, 0.15) is 0 Å². The topological polar surface area (TPSA) is 72.0 Å². The van der Waals surface area contributed by atoms with E-state index in [-0.39, 0.29) is 9.92 Å². The first kappa shape index (κ1) is 23.1. The molecule has 7 nitrogen and oxygen atoms in total. The van der Waals surface area contributed by atoms with E-state index in [0.717, 1.165) is 16.4 Å². The first-order valence-electron chi connectivity index (χ1n) is 9.71. The van der Waals surface area contributed by atoms with Crippen molar-refractivity contribution in [2.75, 3.05) is 45.3 Å². The summed E-state index contributed by atoms with van der Waals surface area (Å²) in [6, 6.07) is 10.1. The predicted octanol–water partition coefficient (Wildman–Crippen LogP) is 4.65. The fourth-order valence-electron chi connectivity index (χ4n) is 3.47. The molecule has 1 saturated heterocycles. The summed E-state index contributed by atoms with van der Waals surface area (Å²) in [5, 5.41) is 3.31. The van der Waals surface area contributed by atoms with Gasteiger partial charge in [-0.1, -0.05) is 23.2 Å². The summed E-state index contributed by atoms with van der Waals surface area (Å²) in [6.07, 6.45) is 0. The van der Waals surface area contributed by atoms with Crippen molar-refractivity contribution in [1.29, 1.82) is 0 Å². The molecule has 1 fully saturated rings. The monoisotopic (exact) mass is 513 g/mol. The second-order valence-electron chi connectivity index (χ2n) is 7.05. The van der Waals surface area contributed by atoms with Crippen LogP contribution in [0.25, 0.3) is 11.3 Å². The Hall–Kier alpha value is -2.04. The summed E-state index contributed by atoms with van der Waals surface area (Å²) in [4.78, 5) is 6.86. The number of hydrogen-bond acceptors (Lipinski definition) is 7. The molecule has 0 radical (unpaired) electrons. The highest BCUT2D eigenvalue weighted by atomic mass is 35.5. The van der Waals surface area contributed by atoms with E-state index < -0.39 is 10.0 Å². The lowest BCUT2D eigenvalue weighted by atomic mass is 10.1. The number of nitrogens with zero attached hydrogens (tertiary/aromatic N) is 3. The molecule has 170 valence electrons. The molecule has 1 aliphatic rings. The van der Waals surface area contributed by atoms with Gasteiger partial charge in [-0.05, 0) is 36.4 Å². The first-order valence-corrected chi connectivity index (χ1v) is 12.8. The van der Waals surface area contributed by atoms with Crippen LogP contribution in [-0.4, -0.2) is 58.1 Å². The van der Waals surface area contributed by atoms with Crippen LogP contribution in [0.4, 0.5) is 5.13 Å². The van der Waals surface area contributed by atoms with Crippen molar-refractivity contribution in [2.45, 2.75) is 4.90 Å². The van der Waals surface area contributed by atoms with Crippen LogP contribution < -0.4 is 14.4 Å². The van der Waals surface area contributed by atoms with Crippen molar-refractivity contribution in [3.63, 3.8) is 0 Å². The van der Waals surface area contributed by atoms with Gasteiger partial charge in [0.15, 0.2) is 16.6 Å². The van der Waals surface area contributed by atoms with E-state index in [9.17, 15) is 8.42 Å². The van der Waals surface area contributed by atoms with Gasteiger partial charge < -0.3 is 14.4 Å². The van der Waals surface area contributed by atoms with Gasteiger partial charge in [-0.2, -0.15) is 4.31 Å². The van der Waals surface area contributed by atoms with E-state index in [2.05, 4.69) is 4.90 Å². The molecular weight excluding hydrogens is 493 g/mol. The maximum atomic E-state index is 13.0. The van der Waals surface area contributed by atoms with E-state index in [4.69, 9.17) is 37.7 Å². The number of piperazine rings is 1. The summed E-state index contributed by atoms with van der Waals surface area (Å²) in [6.45, 7) is 1.71. The second kappa shape index (κ2) is 9.44. The Kier molecular flexibility index (Phi) is 6.83. The largest absolute Gasteiger partial charge is 0.493 e. The van der Waals surface area contributed by atoms with Gasteiger partial charge in [0.05, 0.1) is 24.9 Å². The number of ether oxygens (including phenoxy) is 2. The van der Waals surface area contributed by atoms with Crippen molar-refractivity contribution >= 4 is 49.7 Å².